The number of benzene rings is 3. The van der Waals surface area contributed by atoms with Crippen molar-refractivity contribution in [2.45, 2.75) is 62.7 Å². The summed E-state index contributed by atoms with van der Waals surface area (Å²) in [6, 6.07) is 20.6. The van der Waals surface area contributed by atoms with Crippen LogP contribution in [0, 0.1) is 22.0 Å². The van der Waals surface area contributed by atoms with Crippen LogP contribution < -0.4 is 10.1 Å². The van der Waals surface area contributed by atoms with Crippen LogP contribution in [-0.4, -0.2) is 79.7 Å². The zero-order valence-corrected chi connectivity index (χ0v) is 27.7. The Kier molecular flexibility index (Phi) is 11.7. The van der Waals surface area contributed by atoms with Crippen molar-refractivity contribution in [2.24, 2.45) is 11.8 Å². The van der Waals surface area contributed by atoms with Gasteiger partial charge >= 0.3 is 6.09 Å². The van der Waals surface area contributed by atoms with E-state index in [-0.39, 0.29) is 48.5 Å². The predicted molar refractivity (Wildman–Crippen MR) is 175 cm³/mol. The van der Waals surface area contributed by atoms with E-state index in [0.717, 1.165) is 27.6 Å². The van der Waals surface area contributed by atoms with Gasteiger partial charge in [0.2, 0.25) is 10.0 Å². The molecule has 5 rings (SSSR count). The summed E-state index contributed by atoms with van der Waals surface area (Å²) in [6.45, 7) is 4.47. The van der Waals surface area contributed by atoms with Gasteiger partial charge in [-0.15, -0.1) is 0 Å². The number of hydrogen-bond acceptors (Lipinski definition) is 10. The fraction of sp³-hybridized carbons (Fsp3) is 0.441. The third-order valence-electron chi connectivity index (χ3n) is 8.28. The van der Waals surface area contributed by atoms with Gasteiger partial charge in [0.1, 0.15) is 18.5 Å². The number of nitrogens with one attached hydrogen (secondary N) is 1. The summed E-state index contributed by atoms with van der Waals surface area (Å²) in [7, 11) is -4.17. The molecule has 0 radical (unpaired) electrons. The number of ether oxygens (including phenoxy) is 4. The van der Waals surface area contributed by atoms with Gasteiger partial charge < -0.3 is 29.4 Å². The van der Waals surface area contributed by atoms with Crippen molar-refractivity contribution in [3.05, 3.63) is 100 Å². The topological polar surface area (TPSA) is 167 Å². The second-order valence-electron chi connectivity index (χ2n) is 12.4. The molecule has 0 bridgehead atoms. The Bertz CT molecular complexity index is 1620. The molecule has 2 aliphatic rings. The smallest absolute Gasteiger partial charge is 0.407 e. The van der Waals surface area contributed by atoms with Gasteiger partial charge in [-0.1, -0.05) is 56.3 Å². The number of non-ortho nitro benzene ring substituents is 1. The highest BCUT2D eigenvalue weighted by Gasteiger charge is 2.44. The monoisotopic (exact) mass is 683 g/mol. The molecular formula is C34H41N3O10S. The lowest BCUT2D eigenvalue weighted by Crippen LogP contribution is -2.51. The van der Waals surface area contributed by atoms with Crippen LogP contribution >= 0.6 is 0 Å². The Morgan fingerprint density at radius 3 is 2.40 bits per heavy atom. The highest BCUT2D eigenvalue weighted by atomic mass is 32.2. The van der Waals surface area contributed by atoms with E-state index in [9.17, 15) is 28.4 Å². The van der Waals surface area contributed by atoms with Gasteiger partial charge in [-0.2, -0.15) is 4.31 Å². The van der Waals surface area contributed by atoms with Gasteiger partial charge in [-0.05, 0) is 54.2 Å². The fourth-order valence-corrected chi connectivity index (χ4v) is 7.39. The quantitative estimate of drug-likeness (QED) is 0.174. The molecule has 2 aliphatic heterocycles. The summed E-state index contributed by atoms with van der Waals surface area (Å²) in [4.78, 5) is 23.6. The first-order valence-corrected chi connectivity index (χ1v) is 17.3. The zero-order valence-electron chi connectivity index (χ0n) is 26.8. The second-order valence-corrected chi connectivity index (χ2v) is 14.3. The molecule has 258 valence electrons. The number of alkyl carbamates (subject to hydrolysis) is 1. The molecule has 5 atom stereocenters. The predicted octanol–water partition coefficient (Wildman–Crippen LogP) is 4.28. The number of aliphatic hydroxyl groups excluding tert-OH is 1. The minimum absolute atomic E-state index is 0.0590. The molecule has 2 saturated heterocycles. The van der Waals surface area contributed by atoms with Crippen LogP contribution in [0.15, 0.2) is 83.8 Å². The van der Waals surface area contributed by atoms with E-state index in [1.54, 1.807) is 12.1 Å². The number of rotatable bonds is 15. The molecule has 2 heterocycles. The fourth-order valence-electron chi connectivity index (χ4n) is 5.77. The van der Waals surface area contributed by atoms with Gasteiger partial charge in [0.05, 0.1) is 41.1 Å². The van der Waals surface area contributed by atoms with Gasteiger partial charge in [-0.3, -0.25) is 10.1 Å². The Hall–Kier alpha value is -4.08. The van der Waals surface area contributed by atoms with Crippen molar-refractivity contribution >= 4 is 21.8 Å². The lowest BCUT2D eigenvalue weighted by molar-refractivity contribution is -0.384. The third-order valence-corrected chi connectivity index (χ3v) is 10.1. The highest BCUT2D eigenvalue weighted by molar-refractivity contribution is 7.89. The van der Waals surface area contributed by atoms with Crippen molar-refractivity contribution in [2.75, 3.05) is 26.3 Å². The molecule has 0 spiro atoms. The van der Waals surface area contributed by atoms with Crippen LogP contribution in [0.4, 0.5) is 10.5 Å². The number of sulfonamides is 1. The Balaban J connectivity index is 1.32. The molecule has 3 aromatic rings. The van der Waals surface area contributed by atoms with Crippen LogP contribution in [0.3, 0.4) is 0 Å². The van der Waals surface area contributed by atoms with Crippen molar-refractivity contribution in [3.63, 3.8) is 0 Å². The summed E-state index contributed by atoms with van der Waals surface area (Å²) < 4.78 is 51.3. The molecule has 2 N–H and O–H groups in total. The summed E-state index contributed by atoms with van der Waals surface area (Å²) in [5, 5.41) is 25.5. The van der Waals surface area contributed by atoms with E-state index in [4.69, 9.17) is 18.9 Å². The third kappa shape index (κ3) is 9.08. The number of amides is 1. The molecule has 0 unspecified atom stereocenters. The number of carbonyl (C=O) groups excluding carboxylic acids is 1. The molecule has 48 heavy (non-hydrogen) atoms. The molecule has 3 aromatic carbocycles. The Morgan fingerprint density at radius 1 is 1.02 bits per heavy atom. The Labute approximate surface area is 280 Å². The molecule has 14 heteroatoms. The number of fused-ring (bicyclic) bond motifs is 1. The van der Waals surface area contributed by atoms with Crippen molar-refractivity contribution < 1.29 is 42.2 Å². The van der Waals surface area contributed by atoms with Crippen molar-refractivity contribution in [3.8, 4) is 5.75 Å². The maximum atomic E-state index is 13.7. The summed E-state index contributed by atoms with van der Waals surface area (Å²) >= 11 is 0. The van der Waals surface area contributed by atoms with E-state index in [0.29, 0.717) is 25.4 Å². The zero-order chi connectivity index (χ0) is 34.3. The number of nitro benzene ring substituents is 1. The van der Waals surface area contributed by atoms with E-state index in [1.165, 1.54) is 12.1 Å². The lowest BCUT2D eigenvalue weighted by atomic mass is 10.0. The first-order chi connectivity index (χ1) is 23.0. The van der Waals surface area contributed by atoms with Crippen molar-refractivity contribution in [1.29, 1.82) is 0 Å². The maximum Gasteiger partial charge on any atom is 0.407 e. The van der Waals surface area contributed by atoms with Crippen LogP contribution in [0.2, 0.25) is 0 Å². The SMILES string of the molecule is CC(C)CN(C[C@@H](O)[C@H](Cc1ccc(OCc2ccccc2)cc1)NC(=O)O[C@@H]1CO[C@H]2OCC[C@H]21)S(=O)(=O)c1ccc([N+](=O)[O-])cc1. The van der Waals surface area contributed by atoms with Crippen molar-refractivity contribution in [1.82, 2.24) is 9.62 Å². The summed E-state index contributed by atoms with van der Waals surface area (Å²) in [5.41, 5.74) is 1.53. The molecule has 0 saturated carbocycles. The molecule has 1 amide bonds. The summed E-state index contributed by atoms with van der Waals surface area (Å²) in [6.07, 6.45) is -2.22. The maximum absolute atomic E-state index is 13.7. The summed E-state index contributed by atoms with van der Waals surface area (Å²) in [5.74, 6) is 0.434. The minimum atomic E-state index is -4.17. The minimum Gasteiger partial charge on any atom is -0.489 e. The first kappa shape index (κ1) is 35.2. The normalized spacial score (nSPS) is 20.3. The average Bonchev–Trinajstić information content (AvgIpc) is 3.69. The van der Waals surface area contributed by atoms with Gasteiger partial charge in [-0.25, -0.2) is 13.2 Å². The number of nitrogens with zero attached hydrogens (tertiary/aromatic N) is 2. The molecule has 2 fully saturated rings. The van der Waals surface area contributed by atoms with E-state index >= 15 is 0 Å². The lowest BCUT2D eigenvalue weighted by Gasteiger charge is -2.31. The van der Waals surface area contributed by atoms with Gasteiger partial charge in [0.25, 0.3) is 5.69 Å². The van der Waals surface area contributed by atoms with Crippen LogP contribution in [0.5, 0.6) is 5.75 Å². The number of hydrogen-bond donors (Lipinski definition) is 2. The standard InChI is InChI=1S/C34H41N3O10S/c1-23(2)19-36(48(42,43)28-14-10-26(11-15-28)37(40)41)20-31(38)30(35-34(39)47-32-22-46-33-29(32)16-17-44-33)18-24-8-12-27(13-9-24)45-21-25-6-4-3-5-7-25/h3-15,23,29-33,38H,16-22H2,1-2H3,(H,35,39)/t29-,30-,31+,32+,33+/m0/s1. The number of aliphatic hydroxyl groups is 1. The largest absolute Gasteiger partial charge is 0.489 e. The van der Waals surface area contributed by atoms with Crippen LogP contribution in [-0.2, 0) is 37.3 Å². The number of carbonyl (C=O) groups is 1. The average molecular weight is 684 g/mol. The van der Waals surface area contributed by atoms with E-state index < -0.39 is 45.6 Å². The van der Waals surface area contributed by atoms with Crippen LogP contribution in [0.1, 0.15) is 31.4 Å². The second kappa shape index (κ2) is 15.9. The number of nitro groups is 1. The molecule has 0 aliphatic carbocycles. The van der Waals surface area contributed by atoms with E-state index in [2.05, 4.69) is 5.32 Å². The first-order valence-electron chi connectivity index (χ1n) is 15.9. The molecule has 0 aromatic heterocycles. The molecular weight excluding hydrogens is 642 g/mol. The highest BCUT2D eigenvalue weighted by Crippen LogP contribution is 2.33. The Morgan fingerprint density at radius 2 is 1.73 bits per heavy atom. The van der Waals surface area contributed by atoms with E-state index in [1.807, 2.05) is 56.3 Å². The van der Waals surface area contributed by atoms with Gasteiger partial charge in [0, 0.05) is 25.2 Å². The molecule has 13 nitrogen and oxygen atoms in total. The van der Waals surface area contributed by atoms with Crippen LogP contribution in [0.25, 0.3) is 0 Å². The van der Waals surface area contributed by atoms with Gasteiger partial charge in [0.15, 0.2) is 6.29 Å².